The molecular weight excluding hydrogens is 260 g/mol. The number of thiazole rings is 1. The second kappa shape index (κ2) is 7.19. The lowest BCUT2D eigenvalue weighted by atomic mass is 10.2. The third kappa shape index (κ3) is 4.14. The van der Waals surface area contributed by atoms with Crippen molar-refractivity contribution in [3.8, 4) is 0 Å². The molecule has 0 aliphatic carbocycles. The molecule has 0 aromatic carbocycles. The Labute approximate surface area is 119 Å². The second-order valence-corrected chi connectivity index (χ2v) is 5.98. The van der Waals surface area contributed by atoms with Gasteiger partial charge < -0.3 is 19.9 Å². The summed E-state index contributed by atoms with van der Waals surface area (Å²) in [6.07, 6.45) is 1.23. The average Bonchev–Trinajstić information content (AvgIpc) is 3.03. The van der Waals surface area contributed by atoms with E-state index in [4.69, 9.17) is 9.72 Å². The molecule has 0 radical (unpaired) electrons. The molecule has 1 aliphatic rings. The topological polar surface area (TPSA) is 40.6 Å². The van der Waals surface area contributed by atoms with Gasteiger partial charge >= 0.3 is 0 Å². The van der Waals surface area contributed by atoms with E-state index in [1.54, 1.807) is 18.4 Å². The Balaban J connectivity index is 1.81. The standard InChI is InChI=1S/C13H24N4OS/c1-16(2)12-4-6-17(9-12)13-15-11(10-19-13)8-14-5-7-18-3/h10,12,14H,4-9H2,1-3H3. The zero-order chi connectivity index (χ0) is 13.7. The van der Waals surface area contributed by atoms with Gasteiger partial charge in [-0.3, -0.25) is 0 Å². The van der Waals surface area contributed by atoms with E-state index in [9.17, 15) is 0 Å². The van der Waals surface area contributed by atoms with Crippen LogP contribution in [0.5, 0.6) is 0 Å². The highest BCUT2D eigenvalue weighted by Crippen LogP contribution is 2.25. The van der Waals surface area contributed by atoms with Crippen LogP contribution >= 0.6 is 11.3 Å². The van der Waals surface area contributed by atoms with Gasteiger partial charge in [0.2, 0.25) is 0 Å². The fourth-order valence-corrected chi connectivity index (χ4v) is 3.11. The summed E-state index contributed by atoms with van der Waals surface area (Å²) in [5.74, 6) is 0. The molecular formula is C13H24N4OS. The van der Waals surface area contributed by atoms with E-state index in [1.165, 1.54) is 6.42 Å². The molecule has 1 aliphatic heterocycles. The third-order valence-corrected chi connectivity index (χ3v) is 4.44. The summed E-state index contributed by atoms with van der Waals surface area (Å²) in [5, 5.41) is 6.64. The lowest BCUT2D eigenvalue weighted by molar-refractivity contribution is 0.199. The van der Waals surface area contributed by atoms with E-state index in [0.29, 0.717) is 6.04 Å². The first-order valence-corrected chi connectivity index (χ1v) is 7.64. The van der Waals surface area contributed by atoms with Crippen molar-refractivity contribution in [2.45, 2.75) is 19.0 Å². The summed E-state index contributed by atoms with van der Waals surface area (Å²) >= 11 is 1.75. The Morgan fingerprint density at radius 1 is 1.58 bits per heavy atom. The van der Waals surface area contributed by atoms with Gasteiger partial charge in [0, 0.05) is 44.7 Å². The first-order valence-electron chi connectivity index (χ1n) is 6.76. The van der Waals surface area contributed by atoms with Gasteiger partial charge in [0.15, 0.2) is 5.13 Å². The van der Waals surface area contributed by atoms with E-state index in [1.807, 2.05) is 0 Å². The molecule has 5 nitrogen and oxygen atoms in total. The van der Waals surface area contributed by atoms with E-state index >= 15 is 0 Å². The monoisotopic (exact) mass is 284 g/mol. The minimum Gasteiger partial charge on any atom is -0.383 e. The van der Waals surface area contributed by atoms with Gasteiger partial charge in [-0.15, -0.1) is 11.3 Å². The highest BCUT2D eigenvalue weighted by molar-refractivity contribution is 7.13. The molecule has 1 fully saturated rings. The maximum absolute atomic E-state index is 5.01. The van der Waals surface area contributed by atoms with Crippen molar-refractivity contribution in [3.63, 3.8) is 0 Å². The summed E-state index contributed by atoms with van der Waals surface area (Å²) in [4.78, 5) is 9.41. The number of nitrogens with one attached hydrogen (secondary N) is 1. The van der Waals surface area contributed by atoms with E-state index in [-0.39, 0.29) is 0 Å². The van der Waals surface area contributed by atoms with Crippen molar-refractivity contribution in [1.29, 1.82) is 0 Å². The maximum atomic E-state index is 5.01. The van der Waals surface area contributed by atoms with Gasteiger partial charge in [0.25, 0.3) is 0 Å². The average molecular weight is 284 g/mol. The molecule has 6 heteroatoms. The van der Waals surface area contributed by atoms with Crippen molar-refractivity contribution in [2.75, 3.05) is 52.3 Å². The molecule has 1 N–H and O–H groups in total. The molecule has 0 amide bonds. The van der Waals surface area contributed by atoms with Crippen LogP contribution in [0.1, 0.15) is 12.1 Å². The Bertz CT molecular complexity index is 382. The lowest BCUT2D eigenvalue weighted by Gasteiger charge is -2.19. The van der Waals surface area contributed by atoms with E-state index < -0.39 is 0 Å². The summed E-state index contributed by atoms with van der Waals surface area (Å²) in [5.41, 5.74) is 1.13. The molecule has 0 bridgehead atoms. The van der Waals surface area contributed by atoms with Crippen LogP contribution in [0.4, 0.5) is 5.13 Å². The lowest BCUT2D eigenvalue weighted by Crippen LogP contribution is -2.31. The molecule has 1 aromatic rings. The van der Waals surface area contributed by atoms with Crippen LogP contribution in [-0.2, 0) is 11.3 Å². The first kappa shape index (κ1) is 14.7. The molecule has 108 valence electrons. The van der Waals surface area contributed by atoms with Crippen LogP contribution in [0.15, 0.2) is 5.38 Å². The van der Waals surface area contributed by atoms with Crippen LogP contribution in [-0.4, -0.2) is 63.4 Å². The molecule has 1 aromatic heterocycles. The van der Waals surface area contributed by atoms with Gasteiger partial charge in [0.05, 0.1) is 12.3 Å². The van der Waals surface area contributed by atoms with Crippen LogP contribution in [0.3, 0.4) is 0 Å². The van der Waals surface area contributed by atoms with Crippen molar-refractivity contribution in [1.82, 2.24) is 15.2 Å². The van der Waals surface area contributed by atoms with Gasteiger partial charge in [-0.05, 0) is 20.5 Å². The maximum Gasteiger partial charge on any atom is 0.185 e. The molecule has 1 unspecified atom stereocenters. The summed E-state index contributed by atoms with van der Waals surface area (Å²) in [6, 6.07) is 0.659. The summed E-state index contributed by atoms with van der Waals surface area (Å²) in [6.45, 7) is 4.65. The summed E-state index contributed by atoms with van der Waals surface area (Å²) < 4.78 is 5.01. The Morgan fingerprint density at radius 2 is 2.42 bits per heavy atom. The number of hydrogen-bond acceptors (Lipinski definition) is 6. The number of nitrogens with zero attached hydrogens (tertiary/aromatic N) is 3. The zero-order valence-corrected chi connectivity index (χ0v) is 12.9. The van der Waals surface area contributed by atoms with Crippen molar-refractivity contribution in [2.24, 2.45) is 0 Å². The predicted octanol–water partition coefficient (Wildman–Crippen LogP) is 1.02. The van der Waals surface area contributed by atoms with Crippen LogP contribution in [0.25, 0.3) is 0 Å². The van der Waals surface area contributed by atoms with Crippen LogP contribution < -0.4 is 10.2 Å². The fourth-order valence-electron chi connectivity index (χ4n) is 2.25. The molecule has 1 saturated heterocycles. The largest absolute Gasteiger partial charge is 0.383 e. The molecule has 2 heterocycles. The summed E-state index contributed by atoms with van der Waals surface area (Å²) in [7, 11) is 6.03. The van der Waals surface area contributed by atoms with Crippen molar-refractivity contribution < 1.29 is 4.74 Å². The third-order valence-electron chi connectivity index (χ3n) is 3.49. The minimum atomic E-state index is 0.659. The SMILES string of the molecule is COCCNCc1csc(N2CCC(N(C)C)C2)n1. The second-order valence-electron chi connectivity index (χ2n) is 5.14. The number of rotatable bonds is 7. The highest BCUT2D eigenvalue weighted by Gasteiger charge is 2.25. The number of anilines is 1. The Hall–Kier alpha value is -0.690. The smallest absolute Gasteiger partial charge is 0.185 e. The molecule has 1 atom stereocenters. The fraction of sp³-hybridized carbons (Fsp3) is 0.769. The van der Waals surface area contributed by atoms with Gasteiger partial charge in [0.1, 0.15) is 0 Å². The van der Waals surface area contributed by atoms with Gasteiger partial charge in [-0.2, -0.15) is 0 Å². The van der Waals surface area contributed by atoms with Crippen molar-refractivity contribution >= 4 is 16.5 Å². The normalized spacial score (nSPS) is 19.6. The molecule has 0 saturated carbocycles. The van der Waals surface area contributed by atoms with E-state index in [2.05, 4.69) is 34.6 Å². The Kier molecular flexibility index (Phi) is 5.57. The van der Waals surface area contributed by atoms with Crippen LogP contribution in [0, 0.1) is 0 Å². The van der Waals surface area contributed by atoms with Crippen LogP contribution in [0.2, 0.25) is 0 Å². The number of hydrogen-bond donors (Lipinski definition) is 1. The number of methoxy groups -OCH3 is 1. The first-order chi connectivity index (χ1) is 9.20. The predicted molar refractivity (Wildman–Crippen MR) is 80.0 cm³/mol. The minimum absolute atomic E-state index is 0.659. The van der Waals surface area contributed by atoms with Crippen molar-refractivity contribution in [3.05, 3.63) is 11.1 Å². The molecule has 2 rings (SSSR count). The quantitative estimate of drug-likeness (QED) is 0.757. The zero-order valence-electron chi connectivity index (χ0n) is 12.1. The molecule has 19 heavy (non-hydrogen) atoms. The molecule has 0 spiro atoms. The highest BCUT2D eigenvalue weighted by atomic mass is 32.1. The van der Waals surface area contributed by atoms with Gasteiger partial charge in [-0.25, -0.2) is 4.98 Å². The number of likely N-dealkylation sites (N-methyl/N-ethyl adjacent to an activating group) is 1. The number of aromatic nitrogens is 1. The van der Waals surface area contributed by atoms with E-state index in [0.717, 1.165) is 43.6 Å². The van der Waals surface area contributed by atoms with Gasteiger partial charge in [-0.1, -0.05) is 0 Å². The number of ether oxygens (including phenoxy) is 1. The Morgan fingerprint density at radius 3 is 3.11 bits per heavy atom.